The highest BCUT2D eigenvalue weighted by atomic mass is 19.1. The zero-order chi connectivity index (χ0) is 37.7. The fourth-order valence-electron chi connectivity index (χ4n) is 6.38. The highest BCUT2D eigenvalue weighted by molar-refractivity contribution is 5.82. The fourth-order valence-corrected chi connectivity index (χ4v) is 6.38. The number of benzene rings is 4. The van der Waals surface area contributed by atoms with E-state index in [1.54, 1.807) is 12.3 Å². The number of unbranched alkanes of at least 4 members (excludes halogenated alkanes) is 4. The average Bonchev–Trinajstić information content (AvgIpc) is 3.16. The monoisotopic (exact) mass is 711 g/mol. The van der Waals surface area contributed by atoms with E-state index in [0.717, 1.165) is 60.6 Å². The van der Waals surface area contributed by atoms with Crippen molar-refractivity contribution in [2.45, 2.75) is 59.8 Å². The molecule has 0 fully saturated rings. The molecule has 0 N–H and O–H groups in total. The number of carbonyl (C=O) groups excluding carboxylic acids is 1. The molecule has 0 saturated heterocycles. The second-order valence-electron chi connectivity index (χ2n) is 13.2. The predicted octanol–water partition coefficient (Wildman–Crippen LogP) is 12.3. The van der Waals surface area contributed by atoms with Crippen LogP contribution in [-0.2, 0) is 9.53 Å². The first kappa shape index (κ1) is 38.6. The second-order valence-corrected chi connectivity index (χ2v) is 13.2. The molecule has 53 heavy (non-hydrogen) atoms. The second kappa shape index (κ2) is 18.7. The number of pyridine rings is 1. The maximum absolute atomic E-state index is 14.3. The maximum Gasteiger partial charge on any atom is 0.330 e. The van der Waals surface area contributed by atoms with Crippen molar-refractivity contribution >= 4 is 30.3 Å². The lowest BCUT2D eigenvalue weighted by Crippen LogP contribution is -2.02. The molecule has 0 spiro atoms. The Balaban J connectivity index is 1.17. The minimum absolute atomic E-state index is 0.265. The molecule has 4 aromatic carbocycles. The van der Waals surface area contributed by atoms with Crippen molar-refractivity contribution < 1.29 is 23.0 Å². The zero-order valence-corrected chi connectivity index (χ0v) is 31.1. The van der Waals surface area contributed by atoms with Gasteiger partial charge in [-0.3, -0.25) is 4.98 Å². The maximum atomic E-state index is 14.3. The Morgan fingerprint density at radius 3 is 1.92 bits per heavy atom. The van der Waals surface area contributed by atoms with Crippen LogP contribution in [0.3, 0.4) is 0 Å². The van der Waals surface area contributed by atoms with E-state index in [1.165, 1.54) is 57.2 Å². The highest BCUT2D eigenvalue weighted by Gasteiger charge is 2.15. The number of halogens is 2. The van der Waals surface area contributed by atoms with Gasteiger partial charge in [0, 0.05) is 23.9 Å². The van der Waals surface area contributed by atoms with E-state index in [9.17, 15) is 13.6 Å². The third kappa shape index (κ3) is 10.5. The third-order valence-electron chi connectivity index (χ3n) is 9.63. The van der Waals surface area contributed by atoms with Crippen molar-refractivity contribution in [3.8, 4) is 28.1 Å². The van der Waals surface area contributed by atoms with Gasteiger partial charge in [0.15, 0.2) is 0 Å². The molecule has 0 aliphatic carbocycles. The van der Waals surface area contributed by atoms with E-state index >= 15 is 0 Å². The standard InChI is InChI=1S/C47H47F2NO3/c1-6-46(51)53-29-11-9-7-8-10-28-52-41-22-19-39(20-23-41)47-34(4)32(2)42(33(3)35(47)5)24-18-37-14-12-36(13-15-37)16-17-38-26-27-50-45(30-38)43-25-21-40(48)31-44(43)49/h6,12-27,30-31H,1,7-11,28-29H2,2-5H3/b17-16+,24-18+. The van der Waals surface area contributed by atoms with Crippen molar-refractivity contribution in [1.82, 2.24) is 4.98 Å². The summed E-state index contributed by atoms with van der Waals surface area (Å²) in [6.07, 6.45) is 16.2. The van der Waals surface area contributed by atoms with Crippen LogP contribution in [0.1, 0.15) is 76.6 Å². The van der Waals surface area contributed by atoms with Gasteiger partial charge in [0.1, 0.15) is 17.4 Å². The molecule has 4 nitrogen and oxygen atoms in total. The van der Waals surface area contributed by atoms with Crippen LogP contribution in [0.2, 0.25) is 0 Å². The number of nitrogens with zero attached hydrogens (tertiary/aromatic N) is 1. The number of carbonyl (C=O) groups is 1. The molecule has 272 valence electrons. The van der Waals surface area contributed by atoms with Crippen LogP contribution in [0.25, 0.3) is 46.7 Å². The van der Waals surface area contributed by atoms with Crippen LogP contribution in [0, 0.1) is 39.3 Å². The van der Waals surface area contributed by atoms with Gasteiger partial charge in [-0.1, -0.05) is 86.5 Å². The number of aromatic nitrogens is 1. The molecular weight excluding hydrogens is 665 g/mol. The number of hydrogen-bond donors (Lipinski definition) is 0. The Kier molecular flexibility index (Phi) is 13.7. The normalized spacial score (nSPS) is 11.4. The summed E-state index contributed by atoms with van der Waals surface area (Å²) in [4.78, 5) is 15.4. The minimum Gasteiger partial charge on any atom is -0.494 e. The van der Waals surface area contributed by atoms with Gasteiger partial charge >= 0.3 is 5.97 Å². The lowest BCUT2D eigenvalue weighted by molar-refractivity contribution is -0.137. The largest absolute Gasteiger partial charge is 0.494 e. The van der Waals surface area contributed by atoms with Gasteiger partial charge in [0.25, 0.3) is 0 Å². The van der Waals surface area contributed by atoms with Gasteiger partial charge in [-0.05, 0) is 133 Å². The van der Waals surface area contributed by atoms with Crippen LogP contribution in [-0.4, -0.2) is 24.2 Å². The van der Waals surface area contributed by atoms with Crippen LogP contribution < -0.4 is 4.74 Å². The molecule has 5 rings (SSSR count). The molecule has 1 aromatic heterocycles. The lowest BCUT2D eigenvalue weighted by Gasteiger charge is -2.19. The number of ether oxygens (including phenoxy) is 2. The van der Waals surface area contributed by atoms with E-state index in [1.807, 2.05) is 18.2 Å². The van der Waals surface area contributed by atoms with Crippen LogP contribution in [0.15, 0.2) is 97.7 Å². The van der Waals surface area contributed by atoms with Gasteiger partial charge in [-0.25, -0.2) is 13.6 Å². The summed E-state index contributed by atoms with van der Waals surface area (Å²) in [7, 11) is 0. The van der Waals surface area contributed by atoms with Crippen molar-refractivity contribution in [2.75, 3.05) is 13.2 Å². The molecular formula is C47H47F2NO3. The quantitative estimate of drug-likeness (QED) is 0.0442. The summed E-state index contributed by atoms with van der Waals surface area (Å²) in [6.45, 7) is 13.3. The van der Waals surface area contributed by atoms with Gasteiger partial charge < -0.3 is 9.47 Å². The van der Waals surface area contributed by atoms with Gasteiger partial charge in [-0.15, -0.1) is 0 Å². The third-order valence-corrected chi connectivity index (χ3v) is 9.63. The van der Waals surface area contributed by atoms with Crippen LogP contribution in [0.5, 0.6) is 5.75 Å². The summed E-state index contributed by atoms with van der Waals surface area (Å²) >= 11 is 0. The van der Waals surface area contributed by atoms with Crippen molar-refractivity contribution in [3.05, 3.63) is 154 Å². The van der Waals surface area contributed by atoms with Crippen molar-refractivity contribution in [1.29, 1.82) is 0 Å². The van der Waals surface area contributed by atoms with Crippen molar-refractivity contribution in [2.24, 2.45) is 0 Å². The first-order valence-electron chi connectivity index (χ1n) is 18.1. The highest BCUT2D eigenvalue weighted by Crippen LogP contribution is 2.36. The van der Waals surface area contributed by atoms with Crippen LogP contribution in [0.4, 0.5) is 8.78 Å². The predicted molar refractivity (Wildman–Crippen MR) is 214 cm³/mol. The summed E-state index contributed by atoms with van der Waals surface area (Å²) in [5, 5.41) is 0. The average molecular weight is 712 g/mol. The van der Waals surface area contributed by atoms with E-state index in [4.69, 9.17) is 9.47 Å². The first-order chi connectivity index (χ1) is 25.6. The molecule has 0 aliphatic rings. The van der Waals surface area contributed by atoms with E-state index in [0.29, 0.717) is 18.9 Å². The summed E-state index contributed by atoms with van der Waals surface area (Å²) in [6, 6.07) is 23.9. The molecule has 0 saturated carbocycles. The summed E-state index contributed by atoms with van der Waals surface area (Å²) in [5.41, 5.74) is 12.5. The van der Waals surface area contributed by atoms with E-state index in [2.05, 4.69) is 99.9 Å². The van der Waals surface area contributed by atoms with E-state index < -0.39 is 11.6 Å². The Morgan fingerprint density at radius 1 is 0.679 bits per heavy atom. The van der Waals surface area contributed by atoms with E-state index in [-0.39, 0.29) is 11.5 Å². The molecule has 5 aromatic rings. The topological polar surface area (TPSA) is 48.4 Å². The lowest BCUT2D eigenvalue weighted by atomic mass is 9.85. The first-order valence-corrected chi connectivity index (χ1v) is 18.1. The van der Waals surface area contributed by atoms with Gasteiger partial charge in [0.2, 0.25) is 0 Å². The Bertz CT molecular complexity index is 2070. The minimum atomic E-state index is -0.635. The molecule has 1 heterocycles. The number of esters is 1. The summed E-state index contributed by atoms with van der Waals surface area (Å²) in [5.74, 6) is -0.734. The molecule has 0 bridgehead atoms. The molecule has 0 radical (unpaired) electrons. The van der Waals surface area contributed by atoms with Crippen LogP contribution >= 0.6 is 0 Å². The molecule has 0 atom stereocenters. The SMILES string of the molecule is C=CC(=O)OCCCCCCCOc1ccc(-c2c(C)c(C)c(/C=C/c3ccc(/C=C/c4ccnc(-c5ccc(F)cc5F)c4)cc3)c(C)c2C)cc1. The van der Waals surface area contributed by atoms with Gasteiger partial charge in [-0.2, -0.15) is 0 Å². The number of rotatable bonds is 16. The van der Waals surface area contributed by atoms with Crippen molar-refractivity contribution in [3.63, 3.8) is 0 Å². The Hall–Kier alpha value is -5.62. The van der Waals surface area contributed by atoms with Gasteiger partial charge in [0.05, 0.1) is 18.9 Å². The fraction of sp³-hybridized carbons (Fsp3) is 0.234. The molecule has 0 unspecified atom stereocenters. The summed E-state index contributed by atoms with van der Waals surface area (Å²) < 4.78 is 38.7. The zero-order valence-electron chi connectivity index (χ0n) is 31.1. The smallest absolute Gasteiger partial charge is 0.330 e. The Morgan fingerprint density at radius 2 is 1.28 bits per heavy atom. The molecule has 6 heteroatoms. The number of hydrogen-bond acceptors (Lipinski definition) is 4. The Labute approximate surface area is 312 Å². The molecule has 0 amide bonds. The molecule has 0 aliphatic heterocycles.